The normalized spacial score (nSPS) is 14.8. The topological polar surface area (TPSA) is 108 Å². The van der Waals surface area contributed by atoms with Crippen LogP contribution in [-0.2, 0) is 25.6 Å². The fraction of sp³-hybridized carbons (Fsp3) is 0.429. The second kappa shape index (κ2) is 9.97. The third-order valence-corrected chi connectivity index (χ3v) is 4.25. The Kier molecular flexibility index (Phi) is 7.67. The Labute approximate surface area is 170 Å². The number of benzene rings is 1. The van der Waals surface area contributed by atoms with E-state index in [0.717, 1.165) is 10.5 Å². The molecule has 0 fully saturated rings. The Hall–Kier alpha value is -3.00. The van der Waals surface area contributed by atoms with Crippen LogP contribution in [0.3, 0.4) is 0 Å². The average Bonchev–Trinajstić information content (AvgIpc) is 2.98. The minimum Gasteiger partial charge on any atom is -0.353 e. The summed E-state index contributed by atoms with van der Waals surface area (Å²) in [5.74, 6) is -1.45. The molecule has 1 atom stereocenters. The molecule has 0 radical (unpaired) electrons. The average molecular weight is 400 g/mol. The first kappa shape index (κ1) is 22.3. The van der Waals surface area contributed by atoms with Crippen LogP contribution in [0.5, 0.6) is 0 Å². The largest absolute Gasteiger partial charge is 0.353 e. The van der Waals surface area contributed by atoms with Gasteiger partial charge in [0.25, 0.3) is 11.8 Å². The number of nitrogens with zero attached hydrogens (tertiary/aromatic N) is 1. The molecule has 0 saturated heterocycles. The maximum atomic E-state index is 12.7. The van der Waals surface area contributed by atoms with E-state index in [-0.39, 0.29) is 37.0 Å². The van der Waals surface area contributed by atoms with E-state index in [1.54, 1.807) is 0 Å². The molecule has 4 amide bonds. The highest BCUT2D eigenvalue weighted by atomic mass is 16.2. The molecule has 3 N–H and O–H groups in total. The minimum atomic E-state index is -0.769. The molecule has 8 nitrogen and oxygen atoms in total. The van der Waals surface area contributed by atoms with Gasteiger partial charge in [-0.1, -0.05) is 30.3 Å². The summed E-state index contributed by atoms with van der Waals surface area (Å²) in [6, 6.07) is 8.60. The fourth-order valence-corrected chi connectivity index (χ4v) is 2.72. The Balaban J connectivity index is 1.94. The number of nitrogens with one attached hydrogen (secondary N) is 3. The lowest BCUT2D eigenvalue weighted by molar-refractivity contribution is -0.137. The van der Waals surface area contributed by atoms with Gasteiger partial charge in [0.2, 0.25) is 11.8 Å². The van der Waals surface area contributed by atoms with Crippen molar-refractivity contribution in [2.24, 2.45) is 0 Å². The van der Waals surface area contributed by atoms with Crippen molar-refractivity contribution in [3.8, 4) is 0 Å². The van der Waals surface area contributed by atoms with Gasteiger partial charge in [-0.15, -0.1) is 0 Å². The van der Waals surface area contributed by atoms with Gasteiger partial charge in [-0.3, -0.25) is 24.1 Å². The van der Waals surface area contributed by atoms with Crippen LogP contribution >= 0.6 is 0 Å². The lowest BCUT2D eigenvalue weighted by Gasteiger charge is -2.23. The van der Waals surface area contributed by atoms with Crippen molar-refractivity contribution in [1.29, 1.82) is 0 Å². The summed E-state index contributed by atoms with van der Waals surface area (Å²) in [5, 5.41) is 8.55. The van der Waals surface area contributed by atoms with Crippen molar-refractivity contribution in [2.45, 2.75) is 38.8 Å². The lowest BCUT2D eigenvalue weighted by Crippen LogP contribution is -2.52. The summed E-state index contributed by atoms with van der Waals surface area (Å²) < 4.78 is 0. The van der Waals surface area contributed by atoms with Crippen LogP contribution < -0.4 is 16.0 Å². The standard InChI is InChI=1S/C21H28N4O4/c1-21(2,3)23-14-17(26)24-16(13-15-7-5-4-6-8-15)20(29)22-11-12-25-18(27)9-10-19(25)28/h4-10,16,23H,11-14H2,1-3H3,(H,22,29)(H,24,26)/t16-/m0/s1. The Bertz CT molecular complexity index is 766. The monoisotopic (exact) mass is 400 g/mol. The summed E-state index contributed by atoms with van der Waals surface area (Å²) in [4.78, 5) is 49.2. The number of rotatable bonds is 9. The number of carbonyl (C=O) groups is 4. The summed E-state index contributed by atoms with van der Waals surface area (Å²) in [7, 11) is 0. The molecule has 1 heterocycles. The maximum absolute atomic E-state index is 12.7. The smallest absolute Gasteiger partial charge is 0.253 e. The highest BCUT2D eigenvalue weighted by Gasteiger charge is 2.25. The molecule has 0 aliphatic carbocycles. The molecule has 1 aromatic rings. The summed E-state index contributed by atoms with van der Waals surface area (Å²) >= 11 is 0. The van der Waals surface area contributed by atoms with Gasteiger partial charge in [0.1, 0.15) is 6.04 Å². The number of imide groups is 1. The van der Waals surface area contributed by atoms with Gasteiger partial charge in [0.05, 0.1) is 6.54 Å². The Morgan fingerprint density at radius 3 is 2.24 bits per heavy atom. The van der Waals surface area contributed by atoms with Crippen LogP contribution in [0.25, 0.3) is 0 Å². The van der Waals surface area contributed by atoms with Crippen molar-refractivity contribution in [3.63, 3.8) is 0 Å². The van der Waals surface area contributed by atoms with Crippen LogP contribution in [0.1, 0.15) is 26.3 Å². The van der Waals surface area contributed by atoms with Gasteiger partial charge in [-0.25, -0.2) is 0 Å². The molecule has 1 aliphatic heterocycles. The van der Waals surface area contributed by atoms with Gasteiger partial charge in [-0.05, 0) is 26.3 Å². The fourth-order valence-electron chi connectivity index (χ4n) is 2.72. The van der Waals surface area contributed by atoms with Crippen molar-refractivity contribution < 1.29 is 19.2 Å². The van der Waals surface area contributed by atoms with Gasteiger partial charge < -0.3 is 16.0 Å². The molecular weight excluding hydrogens is 372 g/mol. The first-order valence-electron chi connectivity index (χ1n) is 9.55. The van der Waals surface area contributed by atoms with Gasteiger partial charge >= 0.3 is 0 Å². The number of carbonyl (C=O) groups excluding carboxylic acids is 4. The molecular formula is C21H28N4O4. The summed E-state index contributed by atoms with van der Waals surface area (Å²) in [6.07, 6.45) is 2.73. The first-order valence-corrected chi connectivity index (χ1v) is 9.55. The van der Waals surface area contributed by atoms with Crippen molar-refractivity contribution >= 4 is 23.6 Å². The minimum absolute atomic E-state index is 0.0774. The quantitative estimate of drug-likeness (QED) is 0.511. The Morgan fingerprint density at radius 1 is 1.03 bits per heavy atom. The predicted molar refractivity (Wildman–Crippen MR) is 109 cm³/mol. The third-order valence-electron chi connectivity index (χ3n) is 4.25. The Morgan fingerprint density at radius 2 is 1.66 bits per heavy atom. The molecule has 0 aromatic heterocycles. The molecule has 0 unspecified atom stereocenters. The molecule has 1 aromatic carbocycles. The van der Waals surface area contributed by atoms with Crippen molar-refractivity contribution in [3.05, 3.63) is 48.0 Å². The molecule has 156 valence electrons. The van der Waals surface area contributed by atoms with E-state index in [1.807, 2.05) is 51.1 Å². The lowest BCUT2D eigenvalue weighted by atomic mass is 10.0. The van der Waals surface area contributed by atoms with Gasteiger partial charge in [-0.2, -0.15) is 0 Å². The number of hydrogen-bond acceptors (Lipinski definition) is 5. The van der Waals surface area contributed by atoms with Crippen molar-refractivity contribution in [2.75, 3.05) is 19.6 Å². The maximum Gasteiger partial charge on any atom is 0.253 e. The van der Waals surface area contributed by atoms with Crippen molar-refractivity contribution in [1.82, 2.24) is 20.9 Å². The molecule has 1 aliphatic rings. The van der Waals surface area contributed by atoms with E-state index in [9.17, 15) is 19.2 Å². The van der Waals surface area contributed by atoms with E-state index >= 15 is 0 Å². The molecule has 29 heavy (non-hydrogen) atoms. The predicted octanol–water partition coefficient (Wildman–Crippen LogP) is 0.143. The third kappa shape index (κ3) is 7.50. The van der Waals surface area contributed by atoms with Gasteiger partial charge in [0.15, 0.2) is 0 Å². The second-order valence-electron chi connectivity index (χ2n) is 7.87. The summed E-state index contributed by atoms with van der Waals surface area (Å²) in [6.45, 7) is 6.12. The number of amides is 4. The zero-order chi connectivity index (χ0) is 21.4. The summed E-state index contributed by atoms with van der Waals surface area (Å²) in [5.41, 5.74) is 0.683. The van der Waals surface area contributed by atoms with Crippen LogP contribution in [-0.4, -0.2) is 59.7 Å². The van der Waals surface area contributed by atoms with Gasteiger partial charge in [0, 0.05) is 37.2 Å². The zero-order valence-electron chi connectivity index (χ0n) is 17.0. The van der Waals surface area contributed by atoms with E-state index in [1.165, 1.54) is 12.2 Å². The first-order chi connectivity index (χ1) is 13.7. The second-order valence-corrected chi connectivity index (χ2v) is 7.87. The molecule has 0 spiro atoms. The SMILES string of the molecule is CC(C)(C)NCC(=O)N[C@@H](Cc1ccccc1)C(=O)NCCN1C(=O)C=CC1=O. The molecule has 8 heteroatoms. The van der Waals surface area contributed by atoms with E-state index < -0.39 is 17.9 Å². The van der Waals surface area contributed by atoms with Crippen LogP contribution in [0, 0.1) is 0 Å². The van der Waals surface area contributed by atoms with E-state index in [0.29, 0.717) is 6.42 Å². The van der Waals surface area contributed by atoms with E-state index in [4.69, 9.17) is 0 Å². The highest BCUT2D eigenvalue weighted by molar-refractivity contribution is 6.12. The van der Waals surface area contributed by atoms with E-state index in [2.05, 4.69) is 16.0 Å². The molecule has 0 bridgehead atoms. The molecule has 2 rings (SSSR count). The number of hydrogen-bond donors (Lipinski definition) is 3. The van der Waals surface area contributed by atoms with Crippen LogP contribution in [0.2, 0.25) is 0 Å². The van der Waals surface area contributed by atoms with Crippen LogP contribution in [0.15, 0.2) is 42.5 Å². The highest BCUT2D eigenvalue weighted by Crippen LogP contribution is 2.05. The van der Waals surface area contributed by atoms with Crippen LogP contribution in [0.4, 0.5) is 0 Å². The molecule has 0 saturated carbocycles. The zero-order valence-corrected chi connectivity index (χ0v) is 17.0.